The Balaban J connectivity index is 1.94. The number of carbonyl (C=O) groups excluding carboxylic acids is 2. The van der Waals surface area contributed by atoms with Crippen LogP contribution in [-0.2, 0) is 9.59 Å². The van der Waals surface area contributed by atoms with Crippen LogP contribution in [0.15, 0.2) is 12.2 Å². The molecular weight excluding hydrogens is 290 g/mol. The van der Waals surface area contributed by atoms with E-state index in [1.54, 1.807) is 0 Å². The Bertz CT molecular complexity index is 506. The second kappa shape index (κ2) is 5.10. The lowest BCUT2D eigenvalue weighted by Gasteiger charge is -2.56. The molecule has 3 rings (SSSR count). The molecule has 1 aliphatic heterocycles. The van der Waals surface area contributed by atoms with Gasteiger partial charge in [-0.15, -0.1) is 11.6 Å². The third kappa shape index (κ3) is 1.85. The number of hydrogen-bond acceptors (Lipinski definition) is 3. The second-order valence-electron chi connectivity index (χ2n) is 6.81. The van der Waals surface area contributed by atoms with Crippen LogP contribution in [0.1, 0.15) is 39.0 Å². The van der Waals surface area contributed by atoms with Gasteiger partial charge in [0.1, 0.15) is 5.54 Å². The van der Waals surface area contributed by atoms with Gasteiger partial charge < -0.3 is 10.4 Å². The lowest BCUT2D eigenvalue weighted by Crippen LogP contribution is -2.74. The number of nitrogens with one attached hydrogen (secondary N) is 1. The first kappa shape index (κ1) is 15.0. The Morgan fingerprint density at radius 2 is 2.29 bits per heavy atom. The molecule has 0 aromatic rings. The van der Waals surface area contributed by atoms with E-state index in [1.807, 2.05) is 13.0 Å². The molecule has 0 spiro atoms. The smallest absolute Gasteiger partial charge is 0.224 e. The van der Waals surface area contributed by atoms with Crippen LogP contribution in [0.5, 0.6) is 0 Å². The van der Waals surface area contributed by atoms with Crippen LogP contribution in [0.25, 0.3) is 0 Å². The second-order valence-corrected chi connectivity index (χ2v) is 7.19. The highest BCUT2D eigenvalue weighted by molar-refractivity contribution is 6.18. The number of hydrogen-bond donors (Lipinski definition) is 2. The molecule has 3 aliphatic rings. The van der Waals surface area contributed by atoms with E-state index in [4.69, 9.17) is 11.6 Å². The summed E-state index contributed by atoms with van der Waals surface area (Å²) >= 11 is 5.82. The summed E-state index contributed by atoms with van der Waals surface area (Å²) in [5.41, 5.74) is -1.62. The minimum Gasteiger partial charge on any atom is -0.390 e. The first-order valence-electron chi connectivity index (χ1n) is 7.73. The summed E-state index contributed by atoms with van der Waals surface area (Å²) in [4.78, 5) is 24.7. The number of fused-ring (bicyclic) bond motifs is 1. The number of Topliss-reactive ketones (excluding diaryl/α,β-unsaturated/α-hetero) is 1. The van der Waals surface area contributed by atoms with Gasteiger partial charge in [0.15, 0.2) is 5.78 Å². The van der Waals surface area contributed by atoms with Crippen molar-refractivity contribution >= 4 is 23.3 Å². The van der Waals surface area contributed by atoms with E-state index in [0.29, 0.717) is 18.7 Å². The van der Waals surface area contributed by atoms with Crippen molar-refractivity contribution in [2.75, 3.05) is 5.88 Å². The maximum absolute atomic E-state index is 12.4. The largest absolute Gasteiger partial charge is 0.390 e. The van der Waals surface area contributed by atoms with Crippen molar-refractivity contribution in [2.45, 2.75) is 50.7 Å². The van der Waals surface area contributed by atoms with Crippen molar-refractivity contribution in [1.82, 2.24) is 5.32 Å². The molecule has 5 atom stereocenters. The maximum atomic E-state index is 12.4. The molecule has 2 N–H and O–H groups in total. The molecular formula is C16H22ClNO3. The third-order valence-corrected chi connectivity index (χ3v) is 6.03. The molecule has 1 unspecified atom stereocenters. The summed E-state index contributed by atoms with van der Waals surface area (Å²) in [6, 6.07) is 0. The van der Waals surface area contributed by atoms with Crippen LogP contribution >= 0.6 is 11.6 Å². The van der Waals surface area contributed by atoms with E-state index in [1.165, 1.54) is 0 Å². The summed E-state index contributed by atoms with van der Waals surface area (Å²) < 4.78 is 0. The molecule has 1 saturated carbocycles. The van der Waals surface area contributed by atoms with Crippen LogP contribution in [0.3, 0.4) is 0 Å². The summed E-state index contributed by atoms with van der Waals surface area (Å²) in [6.07, 6.45) is 6.99. The lowest BCUT2D eigenvalue weighted by molar-refractivity contribution is -0.162. The van der Waals surface area contributed by atoms with Gasteiger partial charge >= 0.3 is 0 Å². The highest BCUT2D eigenvalue weighted by Gasteiger charge is 2.75. The van der Waals surface area contributed by atoms with Gasteiger partial charge in [0.25, 0.3) is 0 Å². The predicted octanol–water partition coefficient (Wildman–Crippen LogP) is 1.80. The van der Waals surface area contributed by atoms with Gasteiger partial charge in [0.05, 0.1) is 6.10 Å². The van der Waals surface area contributed by atoms with Crippen LogP contribution in [0, 0.1) is 17.3 Å². The molecule has 0 aromatic carbocycles. The summed E-state index contributed by atoms with van der Waals surface area (Å²) in [5.74, 6) is -0.130. The number of ketones is 1. The fourth-order valence-corrected chi connectivity index (χ4v) is 4.78. The average molecular weight is 312 g/mol. The third-order valence-electron chi connectivity index (χ3n) is 5.81. The number of allylic oxidation sites excluding steroid dienone is 1. The standard InChI is InChI=1S/C16H22ClNO3/c1-15-9-12(19)16(15,18-14(21)11(15)7-8-17)13(20)10-5-3-2-4-6-10/h3,5,10-11,13,20H,2,4,6-9H2,1H3,(H,18,21)/t10?,11-,13-,15-,16+/m0/s1. The zero-order chi connectivity index (χ0) is 15.3. The molecule has 1 saturated heterocycles. The van der Waals surface area contributed by atoms with Gasteiger partial charge in [-0.2, -0.15) is 0 Å². The van der Waals surface area contributed by atoms with E-state index in [-0.39, 0.29) is 23.5 Å². The molecule has 5 heteroatoms. The topological polar surface area (TPSA) is 66.4 Å². The van der Waals surface area contributed by atoms with Crippen LogP contribution in [0.2, 0.25) is 0 Å². The van der Waals surface area contributed by atoms with Gasteiger partial charge in [-0.3, -0.25) is 9.59 Å². The Kier molecular flexibility index (Phi) is 3.65. The number of carbonyl (C=O) groups is 2. The molecule has 21 heavy (non-hydrogen) atoms. The number of aliphatic hydroxyl groups excluding tert-OH is 1. The first-order valence-corrected chi connectivity index (χ1v) is 8.27. The van der Waals surface area contributed by atoms with Gasteiger partial charge in [-0.05, 0) is 25.7 Å². The minimum atomic E-state index is -1.10. The van der Waals surface area contributed by atoms with Crippen molar-refractivity contribution in [3.8, 4) is 0 Å². The highest BCUT2D eigenvalue weighted by atomic mass is 35.5. The van der Waals surface area contributed by atoms with Gasteiger partial charge in [0.2, 0.25) is 5.91 Å². The van der Waals surface area contributed by atoms with Gasteiger partial charge in [-0.1, -0.05) is 19.1 Å². The van der Waals surface area contributed by atoms with Crippen molar-refractivity contribution in [3.63, 3.8) is 0 Å². The van der Waals surface area contributed by atoms with E-state index in [2.05, 4.69) is 11.4 Å². The van der Waals surface area contributed by atoms with Crippen LogP contribution in [-0.4, -0.2) is 34.3 Å². The molecule has 0 bridgehead atoms. The van der Waals surface area contributed by atoms with E-state index in [9.17, 15) is 14.7 Å². The van der Waals surface area contributed by atoms with Gasteiger partial charge in [-0.25, -0.2) is 0 Å². The molecule has 2 fully saturated rings. The Labute approximate surface area is 129 Å². The number of aliphatic hydroxyl groups is 1. The summed E-state index contributed by atoms with van der Waals surface area (Å²) in [5, 5.41) is 13.7. The molecule has 1 amide bonds. The van der Waals surface area contributed by atoms with Crippen molar-refractivity contribution in [3.05, 3.63) is 12.2 Å². The molecule has 4 nitrogen and oxygen atoms in total. The van der Waals surface area contributed by atoms with Crippen molar-refractivity contribution in [2.24, 2.45) is 17.3 Å². The van der Waals surface area contributed by atoms with E-state index < -0.39 is 17.1 Å². The molecule has 0 radical (unpaired) electrons. The SMILES string of the molecule is C[C@@]12CC(=O)[C@]1([C@@H](O)C1C=CCCC1)NC(=O)[C@@H]2CCCl. The first-order chi connectivity index (χ1) is 9.97. The summed E-state index contributed by atoms with van der Waals surface area (Å²) in [7, 11) is 0. The van der Waals surface area contributed by atoms with Crippen molar-refractivity contribution < 1.29 is 14.7 Å². The number of amides is 1. The molecule has 1 heterocycles. The monoisotopic (exact) mass is 311 g/mol. The van der Waals surface area contributed by atoms with E-state index in [0.717, 1.165) is 19.3 Å². The Hall–Kier alpha value is -0.870. The number of halogens is 1. The van der Waals surface area contributed by atoms with E-state index >= 15 is 0 Å². The fraction of sp³-hybridized carbons (Fsp3) is 0.750. The predicted molar refractivity (Wildman–Crippen MR) is 79.9 cm³/mol. The highest BCUT2D eigenvalue weighted by Crippen LogP contribution is 2.60. The van der Waals surface area contributed by atoms with Crippen molar-refractivity contribution in [1.29, 1.82) is 0 Å². The maximum Gasteiger partial charge on any atom is 0.224 e. The Morgan fingerprint density at radius 1 is 1.52 bits per heavy atom. The molecule has 2 aliphatic carbocycles. The summed E-state index contributed by atoms with van der Waals surface area (Å²) in [6.45, 7) is 1.94. The number of rotatable bonds is 4. The normalized spacial score (nSPS) is 43.2. The quantitative estimate of drug-likeness (QED) is 0.614. The van der Waals surface area contributed by atoms with Gasteiger partial charge in [0, 0.05) is 29.6 Å². The molecule has 116 valence electrons. The Morgan fingerprint density at radius 3 is 2.86 bits per heavy atom. The minimum absolute atomic E-state index is 0.0399. The number of alkyl halides is 1. The fourth-order valence-electron chi connectivity index (χ4n) is 4.56. The van der Waals surface area contributed by atoms with Crippen LogP contribution < -0.4 is 5.32 Å². The lowest BCUT2D eigenvalue weighted by atomic mass is 9.48. The zero-order valence-corrected chi connectivity index (χ0v) is 13.0. The zero-order valence-electron chi connectivity index (χ0n) is 12.3. The molecule has 0 aromatic heterocycles. The van der Waals surface area contributed by atoms with Crippen LogP contribution in [0.4, 0.5) is 0 Å². The average Bonchev–Trinajstić information content (AvgIpc) is 2.65.